The van der Waals surface area contributed by atoms with E-state index in [9.17, 15) is 19.2 Å². The van der Waals surface area contributed by atoms with E-state index in [1.54, 1.807) is 45.0 Å². The van der Waals surface area contributed by atoms with Crippen molar-refractivity contribution in [1.82, 2.24) is 9.80 Å². The van der Waals surface area contributed by atoms with Gasteiger partial charge in [-0.15, -0.1) is 0 Å². The van der Waals surface area contributed by atoms with Crippen LogP contribution in [0, 0.1) is 0 Å². The minimum Gasteiger partial charge on any atom is -0.480 e. The van der Waals surface area contributed by atoms with Gasteiger partial charge in [0.1, 0.15) is 18.7 Å². The summed E-state index contributed by atoms with van der Waals surface area (Å²) in [6.45, 7) is 3.71. The average Bonchev–Trinajstić information content (AvgIpc) is 2.52. The molecule has 9 heteroatoms. The molecule has 0 saturated heterocycles. The molecule has 0 aliphatic carbocycles. The number of amides is 2. The molecule has 0 aliphatic rings. The van der Waals surface area contributed by atoms with E-state index in [1.165, 1.54) is 4.90 Å². The van der Waals surface area contributed by atoms with Gasteiger partial charge in [-0.3, -0.25) is 19.3 Å². The van der Waals surface area contributed by atoms with Gasteiger partial charge in [0.2, 0.25) is 5.91 Å². The van der Waals surface area contributed by atoms with E-state index in [0.717, 1.165) is 10.5 Å². The highest BCUT2D eigenvalue weighted by atomic mass is 31.0. The standard InChI is InChI=1S/C18H25N2O6P/c1-18(2,3)26-17(25)20(11-15(22)23)10-14(21)19(12-16(24)27)9-13-7-5-4-6-8-13/h4-8H,9-12,27H2,1-3H3,(H,22,23). The normalized spacial score (nSPS) is 10.8. The number of nitrogens with zero attached hydrogens (tertiary/aromatic N) is 2. The second-order valence-corrected chi connectivity index (χ2v) is 7.58. The Kier molecular flexibility index (Phi) is 8.37. The molecule has 1 N–H and O–H groups in total. The minimum absolute atomic E-state index is 0.162. The highest BCUT2D eigenvalue weighted by molar-refractivity contribution is 7.40. The highest BCUT2D eigenvalue weighted by Gasteiger charge is 2.28. The largest absolute Gasteiger partial charge is 0.480 e. The van der Waals surface area contributed by atoms with Gasteiger partial charge in [0, 0.05) is 6.54 Å². The van der Waals surface area contributed by atoms with Gasteiger partial charge in [-0.05, 0) is 26.3 Å². The number of carboxylic acids is 1. The molecule has 0 aliphatic heterocycles. The van der Waals surface area contributed by atoms with Gasteiger partial charge in [-0.1, -0.05) is 39.6 Å². The van der Waals surface area contributed by atoms with Gasteiger partial charge in [-0.2, -0.15) is 0 Å². The molecule has 1 aromatic rings. The fourth-order valence-electron chi connectivity index (χ4n) is 2.16. The first kappa shape index (κ1) is 22.6. The van der Waals surface area contributed by atoms with Crippen molar-refractivity contribution in [1.29, 1.82) is 0 Å². The third kappa shape index (κ3) is 9.15. The molecule has 0 saturated carbocycles. The van der Waals surface area contributed by atoms with Crippen molar-refractivity contribution < 1.29 is 29.0 Å². The van der Waals surface area contributed by atoms with Crippen LogP contribution in [0.15, 0.2) is 30.3 Å². The van der Waals surface area contributed by atoms with E-state index in [4.69, 9.17) is 9.84 Å². The van der Waals surface area contributed by atoms with E-state index < -0.39 is 36.7 Å². The number of hydrogen-bond donors (Lipinski definition) is 1. The van der Waals surface area contributed by atoms with Gasteiger partial charge >= 0.3 is 12.1 Å². The maximum atomic E-state index is 12.7. The molecule has 1 rings (SSSR count). The summed E-state index contributed by atoms with van der Waals surface area (Å²) >= 11 is 0. The number of rotatable bonds is 8. The highest BCUT2D eigenvalue weighted by Crippen LogP contribution is 2.11. The molecule has 0 heterocycles. The van der Waals surface area contributed by atoms with Gasteiger partial charge in [0.05, 0.1) is 6.54 Å². The van der Waals surface area contributed by atoms with Crippen LogP contribution in [0.4, 0.5) is 4.79 Å². The van der Waals surface area contributed by atoms with Crippen molar-refractivity contribution in [2.75, 3.05) is 19.6 Å². The number of carbonyl (C=O) groups is 4. The summed E-state index contributed by atoms with van der Waals surface area (Å²) in [5.74, 6) is -1.83. The first-order chi connectivity index (χ1) is 12.5. The Morgan fingerprint density at radius 2 is 1.59 bits per heavy atom. The van der Waals surface area contributed by atoms with Crippen LogP contribution >= 0.6 is 9.24 Å². The van der Waals surface area contributed by atoms with Crippen molar-refractivity contribution >= 4 is 32.7 Å². The van der Waals surface area contributed by atoms with Crippen LogP contribution < -0.4 is 0 Å². The van der Waals surface area contributed by atoms with E-state index in [0.29, 0.717) is 0 Å². The van der Waals surface area contributed by atoms with Gasteiger partial charge in [0.25, 0.3) is 0 Å². The molecule has 0 aromatic heterocycles. The van der Waals surface area contributed by atoms with Crippen LogP contribution in [0.5, 0.6) is 0 Å². The summed E-state index contributed by atoms with van der Waals surface area (Å²) < 4.78 is 5.16. The fraction of sp³-hybridized carbons (Fsp3) is 0.444. The maximum Gasteiger partial charge on any atom is 0.411 e. The quantitative estimate of drug-likeness (QED) is 0.671. The predicted octanol–water partition coefficient (Wildman–Crippen LogP) is 1.74. The van der Waals surface area contributed by atoms with E-state index >= 15 is 0 Å². The second-order valence-electron chi connectivity index (χ2n) is 6.93. The van der Waals surface area contributed by atoms with Crippen LogP contribution in [0.1, 0.15) is 26.3 Å². The Balaban J connectivity index is 2.93. The number of aliphatic carboxylic acids is 1. The Morgan fingerprint density at radius 1 is 1.00 bits per heavy atom. The average molecular weight is 396 g/mol. The molecule has 2 amide bonds. The summed E-state index contributed by atoms with van der Waals surface area (Å²) in [7, 11) is 2.00. The molecular formula is C18H25N2O6P. The zero-order chi connectivity index (χ0) is 20.6. The molecule has 0 radical (unpaired) electrons. The van der Waals surface area contributed by atoms with Crippen LogP contribution in [0.25, 0.3) is 0 Å². The van der Waals surface area contributed by atoms with E-state index in [-0.39, 0.29) is 18.6 Å². The monoisotopic (exact) mass is 396 g/mol. The van der Waals surface area contributed by atoms with Gasteiger partial charge < -0.3 is 14.7 Å². The third-order valence-corrected chi connectivity index (χ3v) is 3.40. The summed E-state index contributed by atoms with van der Waals surface area (Å²) in [4.78, 5) is 49.5. The number of hydrogen-bond acceptors (Lipinski definition) is 5. The molecule has 0 bridgehead atoms. The number of carbonyl (C=O) groups excluding carboxylic acids is 3. The van der Waals surface area contributed by atoms with Crippen molar-refractivity contribution in [3.05, 3.63) is 35.9 Å². The minimum atomic E-state index is -1.27. The fourth-order valence-corrected chi connectivity index (χ4v) is 2.38. The molecule has 8 nitrogen and oxygen atoms in total. The maximum absolute atomic E-state index is 12.7. The smallest absolute Gasteiger partial charge is 0.411 e. The van der Waals surface area contributed by atoms with Gasteiger partial charge in [0.15, 0.2) is 5.52 Å². The van der Waals surface area contributed by atoms with Crippen LogP contribution in [0.2, 0.25) is 0 Å². The lowest BCUT2D eigenvalue weighted by molar-refractivity contribution is -0.140. The predicted molar refractivity (Wildman–Crippen MR) is 102 cm³/mol. The van der Waals surface area contributed by atoms with Crippen molar-refractivity contribution in [2.24, 2.45) is 0 Å². The lowest BCUT2D eigenvalue weighted by Crippen LogP contribution is -2.47. The second kappa shape index (κ2) is 10.0. The number of benzene rings is 1. The first-order valence-electron chi connectivity index (χ1n) is 8.27. The molecule has 0 fully saturated rings. The Labute approximate surface area is 160 Å². The topological polar surface area (TPSA) is 104 Å². The molecule has 27 heavy (non-hydrogen) atoms. The van der Waals surface area contributed by atoms with Crippen LogP contribution in [-0.4, -0.2) is 63.6 Å². The zero-order valence-electron chi connectivity index (χ0n) is 15.7. The summed E-state index contributed by atoms with van der Waals surface area (Å²) in [5, 5.41) is 9.03. The number of ether oxygens (including phenoxy) is 1. The molecule has 0 spiro atoms. The third-order valence-electron chi connectivity index (χ3n) is 3.22. The van der Waals surface area contributed by atoms with E-state index in [1.807, 2.05) is 15.3 Å². The van der Waals surface area contributed by atoms with Crippen LogP contribution in [0.3, 0.4) is 0 Å². The number of carboxylic acid groups (broad SMARTS) is 1. The zero-order valence-corrected chi connectivity index (χ0v) is 16.8. The summed E-state index contributed by atoms with van der Waals surface area (Å²) in [5.41, 5.74) is -0.336. The lowest BCUT2D eigenvalue weighted by Gasteiger charge is -2.28. The van der Waals surface area contributed by atoms with Crippen LogP contribution in [-0.2, 0) is 25.7 Å². The molecule has 1 aromatic carbocycles. The SMILES string of the molecule is CC(C)(C)OC(=O)N(CC(=O)O)CC(=O)N(CC(=O)P)Cc1ccccc1. The Hall–Kier alpha value is -2.47. The summed E-state index contributed by atoms with van der Waals surface area (Å²) in [6, 6.07) is 9.04. The van der Waals surface area contributed by atoms with Gasteiger partial charge in [-0.25, -0.2) is 4.79 Å². The van der Waals surface area contributed by atoms with Crippen molar-refractivity contribution in [3.8, 4) is 0 Å². The van der Waals surface area contributed by atoms with Crippen molar-refractivity contribution in [2.45, 2.75) is 32.9 Å². The molecule has 148 valence electrons. The molecule has 1 atom stereocenters. The molecule has 1 unspecified atom stereocenters. The first-order valence-corrected chi connectivity index (χ1v) is 8.85. The van der Waals surface area contributed by atoms with Crippen molar-refractivity contribution in [3.63, 3.8) is 0 Å². The lowest BCUT2D eigenvalue weighted by atomic mass is 10.2. The molecular weight excluding hydrogens is 371 g/mol. The Bertz CT molecular complexity index is 687. The Morgan fingerprint density at radius 3 is 2.07 bits per heavy atom. The van der Waals surface area contributed by atoms with E-state index in [2.05, 4.69) is 0 Å². The summed E-state index contributed by atoms with van der Waals surface area (Å²) in [6.07, 6.45) is -0.907.